The maximum atomic E-state index is 13.1. The molecular weight excluding hydrogens is 392 g/mol. The van der Waals surface area contributed by atoms with Crippen LogP contribution in [0.4, 0.5) is 4.79 Å². The number of hydrogen-bond acceptors (Lipinski definition) is 4. The van der Waals surface area contributed by atoms with Gasteiger partial charge in [0.25, 0.3) is 0 Å². The van der Waals surface area contributed by atoms with Crippen LogP contribution in [0.25, 0.3) is 0 Å². The third-order valence-electron chi connectivity index (χ3n) is 7.20. The van der Waals surface area contributed by atoms with Gasteiger partial charge >= 0.3 is 6.09 Å². The van der Waals surface area contributed by atoms with Crippen LogP contribution in [-0.2, 0) is 16.1 Å². The summed E-state index contributed by atoms with van der Waals surface area (Å²) in [6, 6.07) is 17.0. The Bertz CT molecular complexity index is 961. The van der Waals surface area contributed by atoms with E-state index in [0.29, 0.717) is 19.0 Å². The summed E-state index contributed by atoms with van der Waals surface area (Å²) in [6.07, 6.45) is 2.41. The average molecular weight is 421 g/mol. The van der Waals surface area contributed by atoms with Gasteiger partial charge in [0.2, 0.25) is 5.91 Å². The Balaban J connectivity index is 1.13. The summed E-state index contributed by atoms with van der Waals surface area (Å²) in [4.78, 5) is 29.4. The molecule has 1 aliphatic carbocycles. The van der Waals surface area contributed by atoms with Crippen LogP contribution < -0.4 is 0 Å². The van der Waals surface area contributed by atoms with Crippen LogP contribution in [0.15, 0.2) is 54.6 Å². The SMILES string of the molecule is O=C(OCc1ccccc1)N1CCC2(CC2C(=O)N2CCC(c3ccc(O)cc3)C2)C1. The van der Waals surface area contributed by atoms with Crippen LogP contribution in [-0.4, -0.2) is 53.1 Å². The molecule has 2 amide bonds. The molecule has 5 rings (SSSR count). The molecule has 162 valence electrons. The van der Waals surface area contributed by atoms with Crippen molar-refractivity contribution in [3.8, 4) is 5.75 Å². The molecule has 2 saturated heterocycles. The van der Waals surface area contributed by atoms with Crippen molar-refractivity contribution in [2.75, 3.05) is 26.2 Å². The number of amides is 2. The van der Waals surface area contributed by atoms with Crippen LogP contribution in [0.5, 0.6) is 5.75 Å². The number of aromatic hydroxyl groups is 1. The minimum atomic E-state index is -0.285. The number of hydrogen-bond donors (Lipinski definition) is 1. The lowest BCUT2D eigenvalue weighted by molar-refractivity contribution is -0.132. The Morgan fingerprint density at radius 3 is 2.58 bits per heavy atom. The van der Waals surface area contributed by atoms with Gasteiger partial charge in [-0.2, -0.15) is 0 Å². The van der Waals surface area contributed by atoms with Gasteiger partial charge in [-0.25, -0.2) is 4.79 Å². The fraction of sp³-hybridized carbons (Fsp3) is 0.440. The van der Waals surface area contributed by atoms with E-state index in [2.05, 4.69) is 0 Å². The zero-order valence-corrected chi connectivity index (χ0v) is 17.6. The molecule has 6 nitrogen and oxygen atoms in total. The molecule has 0 radical (unpaired) electrons. The first-order valence-corrected chi connectivity index (χ1v) is 11.1. The number of benzene rings is 2. The number of likely N-dealkylation sites (tertiary alicyclic amines) is 2. The van der Waals surface area contributed by atoms with Crippen molar-refractivity contribution in [3.05, 3.63) is 65.7 Å². The number of rotatable bonds is 4. The van der Waals surface area contributed by atoms with Crippen LogP contribution in [0.3, 0.4) is 0 Å². The maximum Gasteiger partial charge on any atom is 0.410 e. The van der Waals surface area contributed by atoms with Gasteiger partial charge in [-0.3, -0.25) is 4.79 Å². The van der Waals surface area contributed by atoms with Crippen molar-refractivity contribution >= 4 is 12.0 Å². The van der Waals surface area contributed by atoms with E-state index >= 15 is 0 Å². The first-order chi connectivity index (χ1) is 15.0. The van der Waals surface area contributed by atoms with Crippen molar-refractivity contribution in [3.63, 3.8) is 0 Å². The minimum absolute atomic E-state index is 0.0259. The first-order valence-electron chi connectivity index (χ1n) is 11.1. The van der Waals surface area contributed by atoms with Gasteiger partial charge < -0.3 is 19.6 Å². The van der Waals surface area contributed by atoms with E-state index in [1.54, 1.807) is 17.0 Å². The molecule has 6 heteroatoms. The lowest BCUT2D eigenvalue weighted by atomic mass is 9.98. The van der Waals surface area contributed by atoms with Crippen LogP contribution >= 0.6 is 0 Å². The van der Waals surface area contributed by atoms with E-state index < -0.39 is 0 Å². The summed E-state index contributed by atoms with van der Waals surface area (Å²) >= 11 is 0. The van der Waals surface area contributed by atoms with Gasteiger partial charge in [-0.05, 0) is 42.5 Å². The smallest absolute Gasteiger partial charge is 0.410 e. The Hall–Kier alpha value is -3.02. The number of phenolic OH excluding ortho intramolecular Hbond substituents is 1. The molecule has 3 aliphatic rings. The highest BCUT2D eigenvalue weighted by molar-refractivity contribution is 5.83. The van der Waals surface area contributed by atoms with Gasteiger partial charge in [0.15, 0.2) is 0 Å². The quantitative estimate of drug-likeness (QED) is 0.818. The molecule has 3 fully saturated rings. The van der Waals surface area contributed by atoms with Crippen molar-refractivity contribution in [2.45, 2.75) is 31.8 Å². The molecule has 1 spiro atoms. The Kier molecular flexibility index (Phi) is 5.08. The average Bonchev–Trinajstić information content (AvgIpc) is 3.11. The van der Waals surface area contributed by atoms with E-state index in [0.717, 1.165) is 37.9 Å². The Morgan fingerprint density at radius 1 is 1.03 bits per heavy atom. The van der Waals surface area contributed by atoms with Crippen LogP contribution in [0.1, 0.15) is 36.3 Å². The lowest BCUT2D eigenvalue weighted by Crippen LogP contribution is -2.33. The molecule has 3 atom stereocenters. The second kappa shape index (κ2) is 7.91. The summed E-state index contributed by atoms with van der Waals surface area (Å²) in [5, 5.41) is 9.49. The molecule has 3 unspecified atom stereocenters. The zero-order chi connectivity index (χ0) is 21.4. The predicted octanol–water partition coefficient (Wildman–Crippen LogP) is 3.76. The molecular formula is C25H28N2O4. The summed E-state index contributed by atoms with van der Waals surface area (Å²) in [5.41, 5.74) is 2.09. The monoisotopic (exact) mass is 420 g/mol. The number of ether oxygens (including phenoxy) is 1. The highest BCUT2D eigenvalue weighted by Crippen LogP contribution is 2.59. The molecule has 2 aromatic carbocycles. The van der Waals surface area contributed by atoms with Gasteiger partial charge in [-0.1, -0.05) is 42.5 Å². The summed E-state index contributed by atoms with van der Waals surface area (Å²) < 4.78 is 5.47. The molecule has 2 aromatic rings. The summed E-state index contributed by atoms with van der Waals surface area (Å²) in [6.45, 7) is 3.07. The fourth-order valence-corrected chi connectivity index (χ4v) is 5.21. The van der Waals surface area contributed by atoms with Crippen molar-refractivity contribution in [2.24, 2.45) is 11.3 Å². The lowest BCUT2D eigenvalue weighted by Gasteiger charge is -2.19. The minimum Gasteiger partial charge on any atom is -0.508 e. The van der Waals surface area contributed by atoms with Gasteiger partial charge in [0.05, 0.1) is 0 Å². The third kappa shape index (κ3) is 3.99. The van der Waals surface area contributed by atoms with Gasteiger partial charge in [0.1, 0.15) is 12.4 Å². The third-order valence-corrected chi connectivity index (χ3v) is 7.20. The molecule has 1 saturated carbocycles. The number of phenols is 1. The number of carbonyl (C=O) groups is 2. The van der Waals surface area contributed by atoms with Gasteiger partial charge in [-0.15, -0.1) is 0 Å². The number of nitrogens with zero attached hydrogens (tertiary/aromatic N) is 2. The van der Waals surface area contributed by atoms with Crippen LogP contribution in [0, 0.1) is 11.3 Å². The van der Waals surface area contributed by atoms with Crippen molar-refractivity contribution in [1.29, 1.82) is 0 Å². The highest BCUT2D eigenvalue weighted by atomic mass is 16.6. The molecule has 0 bridgehead atoms. The van der Waals surface area contributed by atoms with E-state index in [1.807, 2.05) is 47.4 Å². The molecule has 2 heterocycles. The molecule has 2 aliphatic heterocycles. The molecule has 1 N–H and O–H groups in total. The Morgan fingerprint density at radius 2 is 1.81 bits per heavy atom. The molecule has 31 heavy (non-hydrogen) atoms. The Labute approximate surface area is 182 Å². The fourth-order valence-electron chi connectivity index (χ4n) is 5.21. The summed E-state index contributed by atoms with van der Waals surface area (Å²) in [5.74, 6) is 0.855. The standard InChI is InChI=1S/C25H28N2O4/c28-21-8-6-19(7-9-21)20-10-12-26(15-20)23(29)22-14-25(22)11-13-27(17-25)24(30)31-16-18-4-2-1-3-5-18/h1-9,20,22,28H,10-17H2. The predicted molar refractivity (Wildman–Crippen MR) is 115 cm³/mol. The number of carbonyl (C=O) groups excluding carboxylic acids is 2. The normalized spacial score (nSPS) is 27.0. The first kappa shape index (κ1) is 19.9. The van der Waals surface area contributed by atoms with E-state index in [-0.39, 0.29) is 35.7 Å². The molecule has 0 aromatic heterocycles. The van der Waals surface area contributed by atoms with Crippen LogP contribution in [0.2, 0.25) is 0 Å². The van der Waals surface area contributed by atoms with Crippen molar-refractivity contribution in [1.82, 2.24) is 9.80 Å². The highest BCUT2D eigenvalue weighted by Gasteiger charge is 2.62. The maximum absolute atomic E-state index is 13.1. The van der Waals surface area contributed by atoms with E-state index in [4.69, 9.17) is 4.74 Å². The zero-order valence-electron chi connectivity index (χ0n) is 17.6. The van der Waals surface area contributed by atoms with E-state index in [9.17, 15) is 14.7 Å². The van der Waals surface area contributed by atoms with Crippen molar-refractivity contribution < 1.29 is 19.4 Å². The van der Waals surface area contributed by atoms with E-state index in [1.165, 1.54) is 5.56 Å². The second-order valence-electron chi connectivity index (χ2n) is 9.19. The second-order valence-corrected chi connectivity index (χ2v) is 9.19. The largest absolute Gasteiger partial charge is 0.508 e. The van der Waals surface area contributed by atoms with Gasteiger partial charge in [0, 0.05) is 43.4 Å². The summed E-state index contributed by atoms with van der Waals surface area (Å²) in [7, 11) is 0. The topological polar surface area (TPSA) is 70.1 Å².